The lowest BCUT2D eigenvalue weighted by Gasteiger charge is -2.00. The number of H-pyrrole nitrogens is 1. The number of carbonyl (C=O) groups is 1. The van der Waals surface area contributed by atoms with Crippen molar-refractivity contribution in [2.24, 2.45) is 0 Å². The van der Waals surface area contributed by atoms with Crippen LogP contribution in [0.2, 0.25) is 0 Å². The number of thioether (sulfide) groups is 1. The number of nitrogens with two attached hydrogens (primary N) is 1. The predicted molar refractivity (Wildman–Crippen MR) is 54.1 cm³/mol. The van der Waals surface area contributed by atoms with E-state index in [1.165, 1.54) is 6.07 Å². The van der Waals surface area contributed by atoms with Gasteiger partial charge in [0.05, 0.1) is 5.75 Å². The first kappa shape index (κ1) is 10.6. The number of hydrogen-bond acceptors (Lipinski definition) is 5. The summed E-state index contributed by atoms with van der Waals surface area (Å²) >= 11 is 1.12. The van der Waals surface area contributed by atoms with Gasteiger partial charge in [0.25, 0.3) is 5.56 Å². The highest BCUT2D eigenvalue weighted by atomic mass is 32.2. The first-order valence-electron chi connectivity index (χ1n) is 3.82. The van der Waals surface area contributed by atoms with Gasteiger partial charge in [-0.2, -0.15) is 0 Å². The fourth-order valence-corrected chi connectivity index (χ4v) is 1.48. The number of nitrogen functional groups attached to an aromatic ring is 1. The molecular formula is C7H10N4O2S. The molecule has 0 saturated carbocycles. The van der Waals surface area contributed by atoms with Gasteiger partial charge >= 0.3 is 0 Å². The molecule has 0 fully saturated rings. The Morgan fingerprint density at radius 3 is 3.07 bits per heavy atom. The monoisotopic (exact) mass is 214 g/mol. The molecule has 76 valence electrons. The lowest BCUT2D eigenvalue weighted by atomic mass is 10.6. The molecule has 0 atom stereocenters. The van der Waals surface area contributed by atoms with E-state index in [9.17, 15) is 9.59 Å². The van der Waals surface area contributed by atoms with Gasteiger partial charge in [0.15, 0.2) is 5.16 Å². The van der Waals surface area contributed by atoms with Gasteiger partial charge in [-0.25, -0.2) is 4.98 Å². The summed E-state index contributed by atoms with van der Waals surface area (Å²) in [5, 5.41) is 2.80. The zero-order chi connectivity index (χ0) is 10.6. The third-order valence-electron chi connectivity index (χ3n) is 1.36. The Hall–Kier alpha value is -1.50. The Kier molecular flexibility index (Phi) is 3.52. The lowest BCUT2D eigenvalue weighted by molar-refractivity contribution is -0.118. The van der Waals surface area contributed by atoms with E-state index in [0.717, 1.165) is 11.8 Å². The summed E-state index contributed by atoms with van der Waals surface area (Å²) < 4.78 is 0. The van der Waals surface area contributed by atoms with Crippen LogP contribution in [-0.4, -0.2) is 28.7 Å². The van der Waals surface area contributed by atoms with E-state index in [2.05, 4.69) is 15.3 Å². The van der Waals surface area contributed by atoms with Gasteiger partial charge in [-0.05, 0) is 0 Å². The summed E-state index contributed by atoms with van der Waals surface area (Å²) in [7, 11) is 1.54. The molecule has 0 saturated heterocycles. The van der Waals surface area contributed by atoms with E-state index in [1.807, 2.05) is 0 Å². The molecule has 4 N–H and O–H groups in total. The van der Waals surface area contributed by atoms with Crippen LogP contribution >= 0.6 is 11.8 Å². The minimum atomic E-state index is -0.322. The standard InChI is InChI=1S/C7H10N4O2S/c1-9-6(13)3-14-7-10-4(8)2-5(12)11-7/h2H,3H2,1H3,(H,9,13)(H3,8,10,11,12). The Bertz CT molecular complexity index is 390. The van der Waals surface area contributed by atoms with E-state index in [-0.39, 0.29) is 23.0 Å². The van der Waals surface area contributed by atoms with E-state index >= 15 is 0 Å². The van der Waals surface area contributed by atoms with Crippen molar-refractivity contribution in [2.75, 3.05) is 18.5 Å². The molecule has 14 heavy (non-hydrogen) atoms. The smallest absolute Gasteiger partial charge is 0.253 e. The van der Waals surface area contributed by atoms with E-state index < -0.39 is 0 Å². The third kappa shape index (κ3) is 3.09. The number of aromatic amines is 1. The molecule has 0 aliphatic rings. The highest BCUT2D eigenvalue weighted by molar-refractivity contribution is 7.99. The van der Waals surface area contributed by atoms with Gasteiger partial charge in [-0.1, -0.05) is 11.8 Å². The van der Waals surface area contributed by atoms with Crippen molar-refractivity contribution in [3.05, 3.63) is 16.4 Å². The molecule has 1 rings (SSSR count). The Balaban J connectivity index is 2.68. The average Bonchev–Trinajstić information content (AvgIpc) is 2.12. The molecular weight excluding hydrogens is 204 g/mol. The highest BCUT2D eigenvalue weighted by Crippen LogP contribution is 2.10. The fraction of sp³-hybridized carbons (Fsp3) is 0.286. The van der Waals surface area contributed by atoms with Crippen molar-refractivity contribution < 1.29 is 4.79 Å². The molecule has 6 nitrogen and oxygen atoms in total. The van der Waals surface area contributed by atoms with Gasteiger partial charge in [0.2, 0.25) is 5.91 Å². The molecule has 7 heteroatoms. The van der Waals surface area contributed by atoms with Crippen molar-refractivity contribution in [3.8, 4) is 0 Å². The number of rotatable bonds is 3. The second-order valence-electron chi connectivity index (χ2n) is 2.44. The number of amides is 1. The van der Waals surface area contributed by atoms with Crippen molar-refractivity contribution in [1.29, 1.82) is 0 Å². The van der Waals surface area contributed by atoms with Crippen LogP contribution in [-0.2, 0) is 4.79 Å². The Morgan fingerprint density at radius 2 is 2.50 bits per heavy atom. The maximum Gasteiger partial charge on any atom is 0.253 e. The number of carbonyl (C=O) groups excluding carboxylic acids is 1. The number of aromatic nitrogens is 2. The molecule has 1 aromatic heterocycles. The second kappa shape index (κ2) is 4.66. The SMILES string of the molecule is CNC(=O)CSc1nc(N)cc(=O)[nH]1. The van der Waals surface area contributed by atoms with E-state index in [4.69, 9.17) is 5.73 Å². The molecule has 0 spiro atoms. The summed E-state index contributed by atoms with van der Waals surface area (Å²) in [6.45, 7) is 0. The van der Waals surface area contributed by atoms with E-state index in [0.29, 0.717) is 5.16 Å². The number of nitrogens with one attached hydrogen (secondary N) is 2. The topological polar surface area (TPSA) is 101 Å². The van der Waals surface area contributed by atoms with Crippen LogP contribution < -0.4 is 16.6 Å². The third-order valence-corrected chi connectivity index (χ3v) is 2.23. The quantitative estimate of drug-likeness (QED) is 0.451. The van der Waals surface area contributed by atoms with E-state index in [1.54, 1.807) is 7.05 Å². The maximum absolute atomic E-state index is 10.9. The van der Waals surface area contributed by atoms with Gasteiger partial charge in [0.1, 0.15) is 5.82 Å². The van der Waals surface area contributed by atoms with Crippen LogP contribution in [0.5, 0.6) is 0 Å². The maximum atomic E-state index is 10.9. The van der Waals surface area contributed by atoms with Gasteiger partial charge < -0.3 is 16.0 Å². The second-order valence-corrected chi connectivity index (χ2v) is 3.40. The lowest BCUT2D eigenvalue weighted by Crippen LogP contribution is -2.20. The predicted octanol–water partition coefficient (Wildman–Crippen LogP) is -0.810. The summed E-state index contributed by atoms with van der Waals surface area (Å²) in [6.07, 6.45) is 0. The van der Waals surface area contributed by atoms with Crippen LogP contribution in [0.4, 0.5) is 5.82 Å². The first-order chi connectivity index (χ1) is 6.61. The molecule has 1 aromatic rings. The van der Waals surface area contributed by atoms with Crippen LogP contribution in [0.1, 0.15) is 0 Å². The molecule has 0 bridgehead atoms. The van der Waals surface area contributed by atoms with Gasteiger partial charge in [-0.15, -0.1) is 0 Å². The molecule has 0 aliphatic carbocycles. The highest BCUT2D eigenvalue weighted by Gasteiger charge is 2.03. The molecule has 0 aromatic carbocycles. The van der Waals surface area contributed by atoms with Crippen molar-refractivity contribution in [2.45, 2.75) is 5.16 Å². The fourth-order valence-electron chi connectivity index (χ4n) is 0.728. The number of hydrogen-bond donors (Lipinski definition) is 3. The zero-order valence-corrected chi connectivity index (χ0v) is 8.35. The first-order valence-corrected chi connectivity index (χ1v) is 4.80. The van der Waals surface area contributed by atoms with Crippen molar-refractivity contribution in [3.63, 3.8) is 0 Å². The van der Waals surface area contributed by atoms with Crippen LogP contribution in [0.25, 0.3) is 0 Å². The summed E-state index contributed by atoms with van der Waals surface area (Å²) in [5.41, 5.74) is 5.03. The van der Waals surface area contributed by atoms with Crippen LogP contribution in [0.3, 0.4) is 0 Å². The van der Waals surface area contributed by atoms with Gasteiger partial charge in [-0.3, -0.25) is 9.59 Å². The summed E-state index contributed by atoms with van der Waals surface area (Å²) in [4.78, 5) is 28.1. The molecule has 1 amide bonds. The minimum Gasteiger partial charge on any atom is -0.383 e. The zero-order valence-electron chi connectivity index (χ0n) is 7.53. The molecule has 0 radical (unpaired) electrons. The Labute approximate surface area is 84.3 Å². The Morgan fingerprint density at radius 1 is 1.79 bits per heavy atom. The number of nitrogens with zero attached hydrogens (tertiary/aromatic N) is 1. The average molecular weight is 214 g/mol. The van der Waals surface area contributed by atoms with Crippen molar-refractivity contribution in [1.82, 2.24) is 15.3 Å². The molecule has 0 aliphatic heterocycles. The van der Waals surface area contributed by atoms with Crippen molar-refractivity contribution >= 4 is 23.5 Å². The minimum absolute atomic E-state index is 0.139. The van der Waals surface area contributed by atoms with Gasteiger partial charge in [0, 0.05) is 13.1 Å². The molecule has 1 heterocycles. The largest absolute Gasteiger partial charge is 0.383 e. The van der Waals surface area contributed by atoms with Crippen LogP contribution in [0.15, 0.2) is 16.0 Å². The normalized spacial score (nSPS) is 9.79. The van der Waals surface area contributed by atoms with Crippen LogP contribution in [0, 0.1) is 0 Å². The summed E-state index contributed by atoms with van der Waals surface area (Å²) in [5.74, 6) is 0.205. The number of anilines is 1. The summed E-state index contributed by atoms with van der Waals surface area (Å²) in [6, 6.07) is 1.18. The molecule has 0 unspecified atom stereocenters.